The molecule has 1 N–H and O–H groups in total. The van der Waals surface area contributed by atoms with Gasteiger partial charge in [-0.15, -0.1) is 0 Å². The van der Waals surface area contributed by atoms with E-state index in [4.69, 9.17) is 5.11 Å². The summed E-state index contributed by atoms with van der Waals surface area (Å²) in [4.78, 5) is 0. The van der Waals surface area contributed by atoms with Gasteiger partial charge in [-0.3, -0.25) is 0 Å². The van der Waals surface area contributed by atoms with E-state index in [2.05, 4.69) is 21.0 Å². The summed E-state index contributed by atoms with van der Waals surface area (Å²) in [5.41, 5.74) is 4.26. The van der Waals surface area contributed by atoms with Gasteiger partial charge in [0.2, 0.25) is 0 Å². The lowest BCUT2D eigenvalue weighted by Crippen LogP contribution is -2.00. The number of nitrogens with zero attached hydrogens (tertiary/aromatic N) is 2. The molecule has 0 bridgehead atoms. The zero-order valence-corrected chi connectivity index (χ0v) is 11.5. The Labute approximate surface area is 109 Å². The molecule has 1 aromatic carbocycles. The summed E-state index contributed by atoms with van der Waals surface area (Å²) in [5, 5.41) is 13.6. The molecule has 2 aromatic rings. The number of halogens is 1. The molecule has 3 nitrogen and oxygen atoms in total. The second-order valence-corrected chi connectivity index (χ2v) is 4.93. The molecule has 0 amide bonds. The minimum Gasteiger partial charge on any atom is -0.396 e. The van der Waals surface area contributed by atoms with E-state index in [1.54, 1.807) is 0 Å². The van der Waals surface area contributed by atoms with E-state index in [9.17, 15) is 0 Å². The Balaban J connectivity index is 2.46. The zero-order valence-electron chi connectivity index (χ0n) is 9.94. The van der Waals surface area contributed by atoms with Gasteiger partial charge < -0.3 is 5.11 Å². The Morgan fingerprint density at radius 1 is 1.24 bits per heavy atom. The first kappa shape index (κ1) is 12.3. The second-order valence-electron chi connectivity index (χ2n) is 4.01. The number of aryl methyl sites for hydroxylation is 1. The average molecular weight is 295 g/mol. The average Bonchev–Trinajstić information content (AvgIpc) is 2.59. The first-order valence-electron chi connectivity index (χ1n) is 5.55. The van der Waals surface area contributed by atoms with Crippen molar-refractivity contribution in [3.05, 3.63) is 45.7 Å². The molecule has 0 aliphatic rings. The third-order valence-electron chi connectivity index (χ3n) is 2.87. The van der Waals surface area contributed by atoms with Crippen LogP contribution in [0.5, 0.6) is 0 Å². The molecule has 2 rings (SSSR count). The number of hydrogen-bond acceptors (Lipinski definition) is 2. The first-order chi connectivity index (χ1) is 8.13. The van der Waals surface area contributed by atoms with Gasteiger partial charge in [0.25, 0.3) is 0 Å². The molecule has 1 heterocycles. The Hall–Kier alpha value is -1.13. The van der Waals surface area contributed by atoms with Gasteiger partial charge in [0.1, 0.15) is 0 Å². The van der Waals surface area contributed by atoms with Crippen LogP contribution in [0.1, 0.15) is 17.0 Å². The summed E-state index contributed by atoms with van der Waals surface area (Å²) in [7, 11) is 0. The minimum atomic E-state index is 0.160. The van der Waals surface area contributed by atoms with Crippen molar-refractivity contribution in [1.29, 1.82) is 0 Å². The fourth-order valence-corrected chi connectivity index (χ4v) is 2.25. The van der Waals surface area contributed by atoms with Crippen LogP contribution in [0, 0.1) is 13.8 Å². The Morgan fingerprint density at radius 3 is 2.47 bits per heavy atom. The number of aliphatic hydroxyl groups is 1. The maximum absolute atomic E-state index is 9.04. The van der Waals surface area contributed by atoms with E-state index < -0.39 is 0 Å². The van der Waals surface area contributed by atoms with Crippen molar-refractivity contribution in [3.63, 3.8) is 0 Å². The van der Waals surface area contributed by atoms with Crippen LogP contribution in [-0.4, -0.2) is 21.5 Å². The number of rotatable bonds is 3. The van der Waals surface area contributed by atoms with Gasteiger partial charge in [-0.25, -0.2) is 4.68 Å². The van der Waals surface area contributed by atoms with E-state index in [1.807, 2.05) is 42.8 Å². The topological polar surface area (TPSA) is 38.0 Å². The quantitative estimate of drug-likeness (QED) is 0.945. The highest BCUT2D eigenvalue weighted by atomic mass is 79.9. The van der Waals surface area contributed by atoms with Gasteiger partial charge in [-0.1, -0.05) is 15.9 Å². The summed E-state index contributed by atoms with van der Waals surface area (Å²) in [6.45, 7) is 4.17. The van der Waals surface area contributed by atoms with Crippen molar-refractivity contribution < 1.29 is 5.11 Å². The molecular formula is C13H15BrN2O. The fraction of sp³-hybridized carbons (Fsp3) is 0.308. The van der Waals surface area contributed by atoms with Crippen LogP contribution in [0.3, 0.4) is 0 Å². The first-order valence-corrected chi connectivity index (χ1v) is 6.34. The summed E-state index contributed by atoms with van der Waals surface area (Å²) < 4.78 is 2.98. The maximum atomic E-state index is 9.04. The van der Waals surface area contributed by atoms with E-state index in [0.29, 0.717) is 6.42 Å². The highest BCUT2D eigenvalue weighted by Crippen LogP contribution is 2.19. The van der Waals surface area contributed by atoms with Gasteiger partial charge in [0.15, 0.2) is 0 Å². The van der Waals surface area contributed by atoms with Crippen molar-refractivity contribution in [3.8, 4) is 5.69 Å². The lowest BCUT2D eigenvalue weighted by molar-refractivity contribution is 0.299. The number of aromatic nitrogens is 2. The van der Waals surface area contributed by atoms with Crippen molar-refractivity contribution >= 4 is 15.9 Å². The largest absolute Gasteiger partial charge is 0.396 e. The Morgan fingerprint density at radius 2 is 1.88 bits per heavy atom. The number of aliphatic hydroxyl groups excluding tert-OH is 1. The van der Waals surface area contributed by atoms with Gasteiger partial charge in [-0.05, 0) is 50.1 Å². The molecule has 17 heavy (non-hydrogen) atoms. The standard InChI is InChI=1S/C13H15BrN2O/c1-9-13(7-8-17)10(2)16(15-9)12-5-3-11(14)4-6-12/h3-6,17H,7-8H2,1-2H3. The van der Waals surface area contributed by atoms with Crippen LogP contribution in [0.25, 0.3) is 5.69 Å². The molecule has 0 aliphatic carbocycles. The van der Waals surface area contributed by atoms with Crippen molar-refractivity contribution in [1.82, 2.24) is 9.78 Å². The van der Waals surface area contributed by atoms with Crippen LogP contribution in [-0.2, 0) is 6.42 Å². The maximum Gasteiger partial charge on any atom is 0.0649 e. The summed E-state index contributed by atoms with van der Waals surface area (Å²) in [5.74, 6) is 0. The van der Waals surface area contributed by atoms with E-state index in [0.717, 1.165) is 27.1 Å². The van der Waals surface area contributed by atoms with Gasteiger partial charge in [-0.2, -0.15) is 5.10 Å². The van der Waals surface area contributed by atoms with Crippen LogP contribution >= 0.6 is 15.9 Å². The highest BCUT2D eigenvalue weighted by Gasteiger charge is 2.11. The molecular weight excluding hydrogens is 280 g/mol. The molecule has 0 fully saturated rings. The van der Waals surface area contributed by atoms with E-state index in [-0.39, 0.29) is 6.61 Å². The van der Waals surface area contributed by atoms with Crippen molar-refractivity contribution in [2.75, 3.05) is 6.61 Å². The molecule has 90 valence electrons. The van der Waals surface area contributed by atoms with Gasteiger partial charge in [0.05, 0.1) is 11.4 Å². The highest BCUT2D eigenvalue weighted by molar-refractivity contribution is 9.10. The monoisotopic (exact) mass is 294 g/mol. The van der Waals surface area contributed by atoms with Crippen LogP contribution in [0.15, 0.2) is 28.7 Å². The molecule has 1 aromatic heterocycles. The van der Waals surface area contributed by atoms with Gasteiger partial charge >= 0.3 is 0 Å². The predicted molar refractivity (Wildman–Crippen MR) is 71.5 cm³/mol. The molecule has 0 saturated carbocycles. The Bertz CT molecular complexity index is 517. The minimum absolute atomic E-state index is 0.160. The lowest BCUT2D eigenvalue weighted by atomic mass is 10.1. The molecule has 0 saturated heterocycles. The van der Waals surface area contributed by atoms with E-state index >= 15 is 0 Å². The predicted octanol–water partition coefficient (Wildman–Crippen LogP) is 2.79. The smallest absolute Gasteiger partial charge is 0.0649 e. The fourth-order valence-electron chi connectivity index (χ4n) is 1.98. The lowest BCUT2D eigenvalue weighted by Gasteiger charge is -2.05. The second kappa shape index (κ2) is 5.02. The van der Waals surface area contributed by atoms with Crippen molar-refractivity contribution in [2.45, 2.75) is 20.3 Å². The third-order valence-corrected chi connectivity index (χ3v) is 3.40. The molecule has 0 unspecified atom stereocenters. The molecule has 0 spiro atoms. The Kier molecular flexibility index (Phi) is 3.64. The normalized spacial score (nSPS) is 10.8. The number of benzene rings is 1. The molecule has 0 aliphatic heterocycles. The molecule has 0 radical (unpaired) electrons. The van der Waals surface area contributed by atoms with Crippen molar-refractivity contribution in [2.24, 2.45) is 0 Å². The summed E-state index contributed by atoms with van der Waals surface area (Å²) >= 11 is 3.42. The van der Waals surface area contributed by atoms with Crippen LogP contribution in [0.4, 0.5) is 0 Å². The van der Waals surface area contributed by atoms with Gasteiger partial charge in [0, 0.05) is 16.8 Å². The summed E-state index contributed by atoms with van der Waals surface area (Å²) in [6, 6.07) is 8.04. The summed E-state index contributed by atoms with van der Waals surface area (Å²) in [6.07, 6.45) is 0.661. The third kappa shape index (κ3) is 2.42. The van der Waals surface area contributed by atoms with Crippen LogP contribution in [0.2, 0.25) is 0 Å². The number of hydrogen-bond donors (Lipinski definition) is 1. The molecule has 0 atom stereocenters. The molecule has 4 heteroatoms. The van der Waals surface area contributed by atoms with Crippen LogP contribution < -0.4 is 0 Å². The van der Waals surface area contributed by atoms with E-state index in [1.165, 1.54) is 0 Å². The SMILES string of the molecule is Cc1nn(-c2ccc(Br)cc2)c(C)c1CCO. The zero-order chi connectivity index (χ0) is 12.4.